The van der Waals surface area contributed by atoms with E-state index in [1.54, 1.807) is 0 Å². The van der Waals surface area contributed by atoms with Crippen molar-refractivity contribution < 1.29 is 14.5 Å². The van der Waals surface area contributed by atoms with Gasteiger partial charge in [-0.05, 0) is 6.08 Å². The summed E-state index contributed by atoms with van der Waals surface area (Å²) in [4.78, 5) is 19.7. The molecule has 0 bridgehead atoms. The second kappa shape index (κ2) is 5.40. The number of methoxy groups -OCH3 is 1. The lowest BCUT2D eigenvalue weighted by atomic mass is 10.4. The first-order chi connectivity index (χ1) is 5.16. The number of hydrogen-bond acceptors (Lipinski definition) is 4. The zero-order chi connectivity index (χ0) is 8.69. The van der Waals surface area contributed by atoms with E-state index in [-0.39, 0.29) is 13.0 Å². The zero-order valence-electron chi connectivity index (χ0n) is 6.15. The Labute approximate surface area is 63.8 Å². The van der Waals surface area contributed by atoms with Crippen molar-refractivity contribution in [1.29, 1.82) is 0 Å². The number of nitro groups is 1. The van der Waals surface area contributed by atoms with E-state index in [4.69, 9.17) is 0 Å². The molecular weight excluding hydrogens is 150 g/mol. The summed E-state index contributed by atoms with van der Waals surface area (Å²) >= 11 is 0. The summed E-state index contributed by atoms with van der Waals surface area (Å²) in [6.45, 7) is -0.253. The molecule has 0 heterocycles. The number of nitrogens with zero attached hydrogens (tertiary/aromatic N) is 1. The van der Waals surface area contributed by atoms with Gasteiger partial charge >= 0.3 is 5.97 Å². The Hall–Kier alpha value is -1.39. The van der Waals surface area contributed by atoms with E-state index in [0.717, 1.165) is 0 Å². The van der Waals surface area contributed by atoms with Crippen LogP contribution in [0.2, 0.25) is 0 Å². The third kappa shape index (κ3) is 6.50. The molecule has 0 atom stereocenters. The van der Waals surface area contributed by atoms with Crippen molar-refractivity contribution in [3.05, 3.63) is 22.3 Å². The van der Waals surface area contributed by atoms with Crippen molar-refractivity contribution in [2.24, 2.45) is 0 Å². The van der Waals surface area contributed by atoms with Crippen LogP contribution in [0, 0.1) is 10.1 Å². The van der Waals surface area contributed by atoms with Gasteiger partial charge in [0, 0.05) is 4.92 Å². The smallest absolute Gasteiger partial charge is 0.309 e. The van der Waals surface area contributed by atoms with Gasteiger partial charge in [-0.3, -0.25) is 14.9 Å². The molecule has 0 radical (unpaired) electrons. The number of esters is 1. The van der Waals surface area contributed by atoms with E-state index < -0.39 is 10.9 Å². The van der Waals surface area contributed by atoms with Crippen LogP contribution in [0.5, 0.6) is 0 Å². The van der Waals surface area contributed by atoms with Crippen LogP contribution < -0.4 is 0 Å². The predicted molar refractivity (Wildman–Crippen MR) is 37.6 cm³/mol. The quantitative estimate of drug-likeness (QED) is 0.257. The normalized spacial score (nSPS) is 9.91. The Morgan fingerprint density at radius 1 is 1.64 bits per heavy atom. The van der Waals surface area contributed by atoms with Gasteiger partial charge in [0.25, 0.3) is 0 Å². The number of ether oxygens (including phenoxy) is 1. The molecule has 62 valence electrons. The average molecular weight is 159 g/mol. The fraction of sp³-hybridized carbons (Fsp3) is 0.500. The Morgan fingerprint density at radius 2 is 2.27 bits per heavy atom. The van der Waals surface area contributed by atoms with Gasteiger partial charge in [0.15, 0.2) is 0 Å². The van der Waals surface area contributed by atoms with Crippen LogP contribution in [0.1, 0.15) is 6.42 Å². The Kier molecular flexibility index (Phi) is 4.72. The molecule has 11 heavy (non-hydrogen) atoms. The largest absolute Gasteiger partial charge is 0.469 e. The molecule has 0 aliphatic rings. The lowest BCUT2D eigenvalue weighted by Crippen LogP contribution is -1.99. The molecule has 0 aromatic rings. The standard InChI is InChI=1S/C6H9NO4/c1-11-6(8)4-2-3-5-7(9)10/h2-3H,4-5H2,1H3. The van der Waals surface area contributed by atoms with Crippen LogP contribution >= 0.6 is 0 Å². The lowest BCUT2D eigenvalue weighted by molar-refractivity contribution is -0.468. The summed E-state index contributed by atoms with van der Waals surface area (Å²) in [5.41, 5.74) is 0. The molecule has 0 amide bonds. The summed E-state index contributed by atoms with van der Waals surface area (Å²) < 4.78 is 4.30. The molecule has 0 fully saturated rings. The first-order valence-corrected chi connectivity index (χ1v) is 3.00. The lowest BCUT2D eigenvalue weighted by Gasteiger charge is -1.90. The Morgan fingerprint density at radius 3 is 2.73 bits per heavy atom. The third-order valence-electron chi connectivity index (χ3n) is 0.933. The van der Waals surface area contributed by atoms with Gasteiger partial charge in [-0.1, -0.05) is 6.08 Å². The number of carbonyl (C=O) groups excluding carboxylic acids is 1. The molecular formula is C6H9NO4. The molecule has 0 unspecified atom stereocenters. The molecule has 5 nitrogen and oxygen atoms in total. The summed E-state index contributed by atoms with van der Waals surface area (Å²) in [5.74, 6) is -0.399. The van der Waals surface area contributed by atoms with Gasteiger partial charge in [-0.2, -0.15) is 0 Å². The minimum absolute atomic E-state index is 0.0876. The van der Waals surface area contributed by atoms with Crippen LogP contribution in [0.4, 0.5) is 0 Å². The van der Waals surface area contributed by atoms with E-state index in [9.17, 15) is 14.9 Å². The van der Waals surface area contributed by atoms with Crippen molar-refractivity contribution >= 4 is 5.97 Å². The van der Waals surface area contributed by atoms with E-state index in [1.807, 2.05) is 0 Å². The molecule has 5 heteroatoms. The summed E-state index contributed by atoms with van der Waals surface area (Å²) in [7, 11) is 1.27. The molecule has 0 aromatic heterocycles. The Bertz CT molecular complexity index is 175. The van der Waals surface area contributed by atoms with E-state index in [1.165, 1.54) is 19.3 Å². The highest BCUT2D eigenvalue weighted by Crippen LogP contribution is 1.86. The average Bonchev–Trinajstić information content (AvgIpc) is 1.97. The van der Waals surface area contributed by atoms with Crippen LogP contribution in [0.3, 0.4) is 0 Å². The number of rotatable bonds is 4. The maximum Gasteiger partial charge on any atom is 0.309 e. The van der Waals surface area contributed by atoms with Crippen molar-refractivity contribution in [2.75, 3.05) is 13.7 Å². The van der Waals surface area contributed by atoms with Gasteiger partial charge in [-0.25, -0.2) is 0 Å². The van der Waals surface area contributed by atoms with E-state index in [2.05, 4.69) is 4.74 Å². The van der Waals surface area contributed by atoms with Gasteiger partial charge < -0.3 is 4.74 Å². The summed E-state index contributed by atoms with van der Waals surface area (Å²) in [6, 6.07) is 0. The fourth-order valence-corrected chi connectivity index (χ4v) is 0.423. The van der Waals surface area contributed by atoms with Crippen molar-refractivity contribution in [1.82, 2.24) is 0 Å². The topological polar surface area (TPSA) is 69.4 Å². The second-order valence-corrected chi connectivity index (χ2v) is 1.77. The summed E-state index contributed by atoms with van der Waals surface area (Å²) in [6.07, 6.45) is 2.82. The monoisotopic (exact) mass is 159 g/mol. The number of hydrogen-bond donors (Lipinski definition) is 0. The molecule has 0 aliphatic heterocycles. The minimum Gasteiger partial charge on any atom is -0.469 e. The first kappa shape index (κ1) is 9.61. The molecule has 0 aromatic carbocycles. The van der Waals surface area contributed by atoms with Crippen molar-refractivity contribution in [2.45, 2.75) is 6.42 Å². The minimum atomic E-state index is -0.478. The SMILES string of the molecule is COC(=O)CC=CC[N+](=O)[O-]. The molecule has 0 N–H and O–H groups in total. The van der Waals surface area contributed by atoms with Crippen LogP contribution in [0.25, 0.3) is 0 Å². The third-order valence-corrected chi connectivity index (χ3v) is 0.933. The molecule has 0 spiro atoms. The van der Waals surface area contributed by atoms with Gasteiger partial charge in [0.1, 0.15) is 0 Å². The number of carbonyl (C=O) groups is 1. The van der Waals surface area contributed by atoms with Crippen LogP contribution in [0.15, 0.2) is 12.2 Å². The molecule has 0 aliphatic carbocycles. The first-order valence-electron chi connectivity index (χ1n) is 3.00. The van der Waals surface area contributed by atoms with Gasteiger partial charge in [0.2, 0.25) is 6.54 Å². The Balaban J connectivity index is 3.44. The predicted octanol–water partition coefficient (Wildman–Crippen LogP) is 0.382. The molecule has 0 saturated carbocycles. The van der Waals surface area contributed by atoms with E-state index in [0.29, 0.717) is 0 Å². The maximum atomic E-state index is 10.4. The van der Waals surface area contributed by atoms with Crippen LogP contribution in [-0.2, 0) is 9.53 Å². The van der Waals surface area contributed by atoms with Crippen LogP contribution in [-0.4, -0.2) is 24.5 Å². The summed E-state index contributed by atoms with van der Waals surface area (Å²) in [5, 5.41) is 9.75. The maximum absolute atomic E-state index is 10.4. The highest BCUT2D eigenvalue weighted by atomic mass is 16.6. The van der Waals surface area contributed by atoms with Gasteiger partial charge in [0.05, 0.1) is 13.5 Å². The van der Waals surface area contributed by atoms with Crippen molar-refractivity contribution in [3.63, 3.8) is 0 Å². The molecule has 0 saturated heterocycles. The van der Waals surface area contributed by atoms with Crippen molar-refractivity contribution in [3.8, 4) is 0 Å². The second-order valence-electron chi connectivity index (χ2n) is 1.77. The molecule has 0 rings (SSSR count). The van der Waals surface area contributed by atoms with E-state index >= 15 is 0 Å². The highest BCUT2D eigenvalue weighted by molar-refractivity contribution is 5.70. The fourth-order valence-electron chi connectivity index (χ4n) is 0.423. The zero-order valence-corrected chi connectivity index (χ0v) is 6.15. The highest BCUT2D eigenvalue weighted by Gasteiger charge is 1.94. The van der Waals surface area contributed by atoms with Gasteiger partial charge in [-0.15, -0.1) is 0 Å².